The van der Waals surface area contributed by atoms with Crippen molar-refractivity contribution >= 4 is 5.96 Å². The molecule has 5 heteroatoms. The third-order valence-corrected chi connectivity index (χ3v) is 4.29. The third-order valence-electron chi connectivity index (χ3n) is 4.29. The number of nitrogens with one attached hydrogen (secondary N) is 2. The number of aryl methyl sites for hydroxylation is 3. The fraction of sp³-hybridized carbons (Fsp3) is 0.667. The molecule has 1 aromatic heterocycles. The van der Waals surface area contributed by atoms with Crippen LogP contribution in [0, 0.1) is 13.8 Å². The number of hydrogen-bond acceptors (Lipinski definition) is 2. The molecule has 0 spiro atoms. The average Bonchev–Trinajstić information content (AvgIpc) is 2.88. The first-order chi connectivity index (χ1) is 11.2. The van der Waals surface area contributed by atoms with E-state index in [0.717, 1.165) is 44.1 Å². The molecule has 0 unspecified atom stereocenters. The second-order valence-electron chi connectivity index (χ2n) is 6.29. The van der Waals surface area contributed by atoms with E-state index in [9.17, 15) is 0 Å². The van der Waals surface area contributed by atoms with Gasteiger partial charge < -0.3 is 10.6 Å². The maximum Gasteiger partial charge on any atom is 0.190 e. The standard InChI is InChI=1S/C18H31N5/c1-15-14-16(2)23(22-15)13-7-11-20-18(19-3)21-12-10-17-8-5-4-6-9-17/h8,14H,4-7,9-13H2,1-3H3,(H2,19,20,21). The van der Waals surface area contributed by atoms with Crippen LogP contribution in [0.1, 0.15) is 49.9 Å². The molecule has 0 saturated carbocycles. The number of aliphatic imine (C=N–C) groups is 1. The number of nitrogens with zero attached hydrogens (tertiary/aromatic N) is 3. The Morgan fingerprint density at radius 2 is 2.09 bits per heavy atom. The lowest BCUT2D eigenvalue weighted by atomic mass is 9.97. The Morgan fingerprint density at radius 3 is 2.74 bits per heavy atom. The summed E-state index contributed by atoms with van der Waals surface area (Å²) in [7, 11) is 1.83. The summed E-state index contributed by atoms with van der Waals surface area (Å²) < 4.78 is 2.07. The van der Waals surface area contributed by atoms with Gasteiger partial charge >= 0.3 is 0 Å². The van der Waals surface area contributed by atoms with Crippen molar-refractivity contribution in [2.24, 2.45) is 4.99 Å². The van der Waals surface area contributed by atoms with Crippen molar-refractivity contribution < 1.29 is 0 Å². The van der Waals surface area contributed by atoms with E-state index in [1.54, 1.807) is 5.57 Å². The molecule has 0 atom stereocenters. The molecule has 23 heavy (non-hydrogen) atoms. The van der Waals surface area contributed by atoms with Crippen LogP contribution in [0.25, 0.3) is 0 Å². The fourth-order valence-electron chi connectivity index (χ4n) is 3.03. The van der Waals surface area contributed by atoms with Gasteiger partial charge in [-0.3, -0.25) is 9.67 Å². The second kappa shape index (κ2) is 9.38. The molecular formula is C18H31N5. The normalized spacial score (nSPS) is 15.4. The topological polar surface area (TPSA) is 54.2 Å². The summed E-state index contributed by atoms with van der Waals surface area (Å²) in [6.45, 7) is 6.95. The molecule has 2 N–H and O–H groups in total. The summed E-state index contributed by atoms with van der Waals surface area (Å²) in [5.74, 6) is 0.898. The van der Waals surface area contributed by atoms with E-state index in [1.807, 2.05) is 14.0 Å². The maximum absolute atomic E-state index is 4.49. The van der Waals surface area contributed by atoms with Crippen molar-refractivity contribution in [2.45, 2.75) is 58.9 Å². The van der Waals surface area contributed by atoms with Crippen LogP contribution in [-0.2, 0) is 6.54 Å². The molecule has 0 aliphatic heterocycles. The molecule has 2 rings (SSSR count). The van der Waals surface area contributed by atoms with Crippen LogP contribution in [0.4, 0.5) is 0 Å². The highest BCUT2D eigenvalue weighted by atomic mass is 15.3. The van der Waals surface area contributed by atoms with Crippen molar-refractivity contribution in [3.8, 4) is 0 Å². The molecule has 0 saturated heterocycles. The predicted octanol–water partition coefficient (Wildman–Crippen LogP) is 2.95. The Balaban J connectivity index is 1.61. The van der Waals surface area contributed by atoms with Gasteiger partial charge in [0.15, 0.2) is 5.96 Å². The molecule has 0 aromatic carbocycles. The van der Waals surface area contributed by atoms with Gasteiger partial charge in [0, 0.05) is 32.4 Å². The van der Waals surface area contributed by atoms with E-state index >= 15 is 0 Å². The van der Waals surface area contributed by atoms with Crippen LogP contribution >= 0.6 is 0 Å². The van der Waals surface area contributed by atoms with E-state index in [0.29, 0.717) is 0 Å². The lowest BCUT2D eigenvalue weighted by Gasteiger charge is -2.15. The van der Waals surface area contributed by atoms with Gasteiger partial charge in [0.1, 0.15) is 0 Å². The van der Waals surface area contributed by atoms with E-state index in [-0.39, 0.29) is 0 Å². The minimum Gasteiger partial charge on any atom is -0.356 e. The molecule has 1 aliphatic rings. The number of aromatic nitrogens is 2. The predicted molar refractivity (Wildman–Crippen MR) is 96.9 cm³/mol. The molecular weight excluding hydrogens is 286 g/mol. The molecule has 128 valence electrons. The highest BCUT2D eigenvalue weighted by Gasteiger charge is 2.04. The first-order valence-corrected chi connectivity index (χ1v) is 8.82. The van der Waals surface area contributed by atoms with E-state index in [4.69, 9.17) is 0 Å². The van der Waals surface area contributed by atoms with Crippen molar-refractivity contribution in [3.05, 3.63) is 29.1 Å². The summed E-state index contributed by atoms with van der Waals surface area (Å²) in [5, 5.41) is 11.3. The van der Waals surface area contributed by atoms with Gasteiger partial charge in [-0.15, -0.1) is 0 Å². The zero-order chi connectivity index (χ0) is 16.5. The third kappa shape index (κ3) is 6.08. The quantitative estimate of drug-likeness (QED) is 0.352. The molecule has 0 fully saturated rings. The first kappa shape index (κ1) is 17.6. The van der Waals surface area contributed by atoms with Crippen molar-refractivity contribution in [3.63, 3.8) is 0 Å². The minimum absolute atomic E-state index is 0.898. The highest BCUT2D eigenvalue weighted by molar-refractivity contribution is 5.79. The number of hydrogen-bond donors (Lipinski definition) is 2. The van der Waals surface area contributed by atoms with Gasteiger partial charge in [-0.2, -0.15) is 5.10 Å². The zero-order valence-electron chi connectivity index (χ0n) is 14.9. The summed E-state index contributed by atoms with van der Waals surface area (Å²) >= 11 is 0. The molecule has 1 aromatic rings. The average molecular weight is 317 g/mol. The van der Waals surface area contributed by atoms with Crippen molar-refractivity contribution in [1.82, 2.24) is 20.4 Å². The Hall–Kier alpha value is -1.78. The smallest absolute Gasteiger partial charge is 0.190 e. The molecule has 0 amide bonds. The van der Waals surface area contributed by atoms with Crippen LogP contribution in [0.5, 0.6) is 0 Å². The molecule has 0 bridgehead atoms. The van der Waals surface area contributed by atoms with Crippen molar-refractivity contribution in [2.75, 3.05) is 20.1 Å². The lowest BCUT2D eigenvalue weighted by molar-refractivity contribution is 0.555. The van der Waals surface area contributed by atoms with Gasteiger partial charge in [0.2, 0.25) is 0 Å². The second-order valence-corrected chi connectivity index (χ2v) is 6.29. The van der Waals surface area contributed by atoms with Crippen LogP contribution in [0.3, 0.4) is 0 Å². The molecule has 5 nitrogen and oxygen atoms in total. The lowest BCUT2D eigenvalue weighted by Crippen LogP contribution is -2.38. The monoisotopic (exact) mass is 317 g/mol. The fourth-order valence-corrected chi connectivity index (χ4v) is 3.03. The molecule has 0 radical (unpaired) electrons. The van der Waals surface area contributed by atoms with Gasteiger partial charge in [-0.25, -0.2) is 0 Å². The van der Waals surface area contributed by atoms with Crippen LogP contribution < -0.4 is 10.6 Å². The van der Waals surface area contributed by atoms with E-state index < -0.39 is 0 Å². The Morgan fingerprint density at radius 1 is 1.26 bits per heavy atom. The zero-order valence-corrected chi connectivity index (χ0v) is 14.9. The highest BCUT2D eigenvalue weighted by Crippen LogP contribution is 2.19. The van der Waals surface area contributed by atoms with E-state index in [1.165, 1.54) is 31.4 Å². The van der Waals surface area contributed by atoms with Crippen LogP contribution in [0.2, 0.25) is 0 Å². The number of guanidine groups is 1. The van der Waals surface area contributed by atoms with Crippen molar-refractivity contribution in [1.29, 1.82) is 0 Å². The van der Waals surface area contributed by atoms with Crippen LogP contribution in [-0.4, -0.2) is 35.9 Å². The number of rotatable bonds is 7. The first-order valence-electron chi connectivity index (χ1n) is 8.82. The summed E-state index contributed by atoms with van der Waals surface area (Å²) in [6.07, 6.45) is 9.82. The Kier molecular flexibility index (Phi) is 7.17. The Labute approximate surface area is 140 Å². The molecule has 1 heterocycles. The Bertz CT molecular complexity index is 542. The van der Waals surface area contributed by atoms with Crippen LogP contribution in [0.15, 0.2) is 22.7 Å². The largest absolute Gasteiger partial charge is 0.356 e. The van der Waals surface area contributed by atoms with E-state index in [2.05, 4.69) is 44.5 Å². The number of allylic oxidation sites excluding steroid dienone is 1. The van der Waals surface area contributed by atoms with Gasteiger partial charge in [0.05, 0.1) is 5.69 Å². The summed E-state index contributed by atoms with van der Waals surface area (Å²) in [6, 6.07) is 2.12. The van der Waals surface area contributed by atoms with Gasteiger partial charge in [-0.1, -0.05) is 11.6 Å². The van der Waals surface area contributed by atoms with Gasteiger partial charge in [-0.05, 0) is 58.4 Å². The molecule has 1 aliphatic carbocycles. The minimum atomic E-state index is 0.898. The summed E-state index contributed by atoms with van der Waals surface area (Å²) in [5.41, 5.74) is 3.92. The summed E-state index contributed by atoms with van der Waals surface area (Å²) in [4.78, 5) is 4.29. The SMILES string of the molecule is CN=C(NCCCn1nc(C)cc1C)NCCC1=CCCCC1. The maximum atomic E-state index is 4.49. The van der Waals surface area contributed by atoms with Gasteiger partial charge in [0.25, 0.3) is 0 Å².